The van der Waals surface area contributed by atoms with E-state index in [4.69, 9.17) is 10.5 Å². The van der Waals surface area contributed by atoms with Crippen LogP contribution in [-0.2, 0) is 13.0 Å². The molecular formula is C15H18N2O. The number of rotatable bonds is 4. The average molecular weight is 242 g/mol. The fourth-order valence-corrected chi connectivity index (χ4v) is 1.81. The van der Waals surface area contributed by atoms with Crippen molar-refractivity contribution >= 4 is 0 Å². The molecule has 18 heavy (non-hydrogen) atoms. The first-order valence-corrected chi connectivity index (χ1v) is 6.17. The van der Waals surface area contributed by atoms with Crippen molar-refractivity contribution in [3.8, 4) is 11.6 Å². The number of aryl methyl sites for hydroxylation is 2. The van der Waals surface area contributed by atoms with Gasteiger partial charge in [0.15, 0.2) is 0 Å². The van der Waals surface area contributed by atoms with E-state index >= 15 is 0 Å². The molecular weight excluding hydrogens is 224 g/mol. The lowest BCUT2D eigenvalue weighted by Crippen LogP contribution is -2.02. The molecule has 0 aliphatic carbocycles. The van der Waals surface area contributed by atoms with Crippen molar-refractivity contribution in [3.05, 3.63) is 53.2 Å². The largest absolute Gasteiger partial charge is 0.438 e. The van der Waals surface area contributed by atoms with Gasteiger partial charge in [-0.15, -0.1) is 0 Å². The van der Waals surface area contributed by atoms with Gasteiger partial charge in [-0.2, -0.15) is 0 Å². The minimum absolute atomic E-state index is 0.427. The average Bonchev–Trinajstić information content (AvgIpc) is 2.40. The third-order valence-corrected chi connectivity index (χ3v) is 2.86. The summed E-state index contributed by atoms with van der Waals surface area (Å²) in [6.45, 7) is 4.48. The zero-order valence-electron chi connectivity index (χ0n) is 10.8. The Balaban J connectivity index is 2.36. The minimum atomic E-state index is 0.427. The van der Waals surface area contributed by atoms with Crippen molar-refractivity contribution in [1.29, 1.82) is 0 Å². The number of nitrogens with zero attached hydrogens (tertiary/aromatic N) is 1. The van der Waals surface area contributed by atoms with Crippen molar-refractivity contribution in [2.24, 2.45) is 5.73 Å². The maximum Gasteiger partial charge on any atom is 0.223 e. The van der Waals surface area contributed by atoms with Gasteiger partial charge in [0.2, 0.25) is 5.88 Å². The van der Waals surface area contributed by atoms with E-state index < -0.39 is 0 Å². The van der Waals surface area contributed by atoms with Crippen LogP contribution in [-0.4, -0.2) is 4.98 Å². The second kappa shape index (κ2) is 5.65. The second-order valence-electron chi connectivity index (χ2n) is 4.18. The van der Waals surface area contributed by atoms with E-state index in [-0.39, 0.29) is 0 Å². The molecule has 1 heterocycles. The molecule has 2 aromatic rings. The summed E-state index contributed by atoms with van der Waals surface area (Å²) in [6, 6.07) is 11.9. The van der Waals surface area contributed by atoms with Gasteiger partial charge in [0.1, 0.15) is 5.75 Å². The van der Waals surface area contributed by atoms with E-state index in [9.17, 15) is 0 Å². The molecule has 94 valence electrons. The summed E-state index contributed by atoms with van der Waals surface area (Å²) < 4.78 is 5.91. The predicted octanol–water partition coefficient (Wildman–Crippen LogP) is 3.20. The molecule has 0 saturated carbocycles. The van der Waals surface area contributed by atoms with Gasteiger partial charge in [0.05, 0.1) is 0 Å². The van der Waals surface area contributed by atoms with Gasteiger partial charge in [0.25, 0.3) is 0 Å². The van der Waals surface area contributed by atoms with Crippen LogP contribution in [0.25, 0.3) is 0 Å². The maximum atomic E-state index is 5.91. The summed E-state index contributed by atoms with van der Waals surface area (Å²) in [6.07, 6.45) is 0.931. The van der Waals surface area contributed by atoms with E-state index in [2.05, 4.69) is 18.0 Å². The van der Waals surface area contributed by atoms with Crippen LogP contribution in [0.1, 0.15) is 23.7 Å². The molecule has 1 aromatic carbocycles. The van der Waals surface area contributed by atoms with Crippen LogP contribution in [0.15, 0.2) is 36.4 Å². The minimum Gasteiger partial charge on any atom is -0.438 e. The van der Waals surface area contributed by atoms with Gasteiger partial charge < -0.3 is 10.5 Å². The Hall–Kier alpha value is -1.87. The topological polar surface area (TPSA) is 48.1 Å². The molecule has 0 fully saturated rings. The zero-order valence-corrected chi connectivity index (χ0v) is 10.8. The second-order valence-corrected chi connectivity index (χ2v) is 4.18. The van der Waals surface area contributed by atoms with Gasteiger partial charge in [0, 0.05) is 17.8 Å². The molecule has 0 atom stereocenters. The predicted molar refractivity (Wildman–Crippen MR) is 72.8 cm³/mol. The van der Waals surface area contributed by atoms with Gasteiger partial charge in [-0.3, -0.25) is 0 Å². The van der Waals surface area contributed by atoms with Gasteiger partial charge in [-0.05, 0) is 31.0 Å². The summed E-state index contributed by atoms with van der Waals surface area (Å²) in [4.78, 5) is 4.41. The summed E-state index contributed by atoms with van der Waals surface area (Å²) in [7, 11) is 0. The third kappa shape index (κ3) is 2.68. The van der Waals surface area contributed by atoms with Crippen LogP contribution in [0.3, 0.4) is 0 Å². The van der Waals surface area contributed by atoms with Gasteiger partial charge >= 0.3 is 0 Å². The lowest BCUT2D eigenvalue weighted by molar-refractivity contribution is 0.450. The Bertz CT molecular complexity index is 538. The highest BCUT2D eigenvalue weighted by Gasteiger charge is 2.08. The Labute approximate surface area is 108 Å². The van der Waals surface area contributed by atoms with Crippen LogP contribution >= 0.6 is 0 Å². The Kier molecular flexibility index (Phi) is 3.95. The molecule has 1 aromatic heterocycles. The van der Waals surface area contributed by atoms with Crippen molar-refractivity contribution in [2.75, 3.05) is 0 Å². The summed E-state index contributed by atoms with van der Waals surface area (Å²) in [5.74, 6) is 1.46. The monoisotopic (exact) mass is 242 g/mol. The molecule has 0 spiro atoms. The van der Waals surface area contributed by atoms with Gasteiger partial charge in [-0.25, -0.2) is 4.98 Å². The Morgan fingerprint density at radius 1 is 1.11 bits per heavy atom. The first-order chi connectivity index (χ1) is 8.74. The van der Waals surface area contributed by atoms with Crippen LogP contribution < -0.4 is 10.5 Å². The quantitative estimate of drug-likeness (QED) is 0.895. The lowest BCUT2D eigenvalue weighted by atomic mass is 10.1. The molecule has 0 bridgehead atoms. The Morgan fingerprint density at radius 2 is 1.89 bits per heavy atom. The number of benzene rings is 1. The fraction of sp³-hybridized carbons (Fsp3) is 0.267. The first kappa shape index (κ1) is 12.6. The number of para-hydroxylation sites is 1. The van der Waals surface area contributed by atoms with E-state index in [1.165, 1.54) is 5.56 Å². The SMILES string of the molecule is CCc1ccccc1Oc1nc(C)ccc1CN. The smallest absolute Gasteiger partial charge is 0.223 e. The number of hydrogen-bond acceptors (Lipinski definition) is 3. The van der Waals surface area contributed by atoms with E-state index in [0.29, 0.717) is 12.4 Å². The molecule has 0 aliphatic heterocycles. The first-order valence-electron chi connectivity index (χ1n) is 6.17. The molecule has 3 nitrogen and oxygen atoms in total. The zero-order chi connectivity index (χ0) is 13.0. The normalized spacial score (nSPS) is 10.4. The van der Waals surface area contributed by atoms with Crippen molar-refractivity contribution in [1.82, 2.24) is 4.98 Å². The third-order valence-electron chi connectivity index (χ3n) is 2.86. The van der Waals surface area contributed by atoms with Gasteiger partial charge in [-0.1, -0.05) is 31.2 Å². The number of ether oxygens (including phenoxy) is 1. The molecule has 3 heteroatoms. The van der Waals surface area contributed by atoms with Crippen LogP contribution in [0, 0.1) is 6.92 Å². The standard InChI is InChI=1S/C15H18N2O/c1-3-12-6-4-5-7-14(12)18-15-13(10-16)9-8-11(2)17-15/h4-9H,3,10,16H2,1-2H3. The molecule has 0 radical (unpaired) electrons. The fourth-order valence-electron chi connectivity index (χ4n) is 1.81. The van der Waals surface area contributed by atoms with E-state index in [0.717, 1.165) is 23.4 Å². The summed E-state index contributed by atoms with van der Waals surface area (Å²) in [5, 5.41) is 0. The van der Waals surface area contributed by atoms with Crippen LogP contribution in [0.2, 0.25) is 0 Å². The highest BCUT2D eigenvalue weighted by atomic mass is 16.5. The maximum absolute atomic E-state index is 5.91. The number of nitrogens with two attached hydrogens (primary N) is 1. The van der Waals surface area contributed by atoms with Crippen molar-refractivity contribution < 1.29 is 4.74 Å². The van der Waals surface area contributed by atoms with Crippen molar-refractivity contribution in [3.63, 3.8) is 0 Å². The van der Waals surface area contributed by atoms with E-state index in [1.807, 2.05) is 37.3 Å². The molecule has 0 aliphatic rings. The molecule has 2 rings (SSSR count). The molecule has 0 unspecified atom stereocenters. The molecule has 0 saturated heterocycles. The number of hydrogen-bond donors (Lipinski definition) is 1. The highest BCUT2D eigenvalue weighted by molar-refractivity contribution is 5.38. The number of aromatic nitrogens is 1. The van der Waals surface area contributed by atoms with Crippen LogP contribution in [0.4, 0.5) is 0 Å². The van der Waals surface area contributed by atoms with E-state index in [1.54, 1.807) is 0 Å². The Morgan fingerprint density at radius 3 is 2.61 bits per heavy atom. The summed E-state index contributed by atoms with van der Waals surface area (Å²) >= 11 is 0. The number of pyridine rings is 1. The highest BCUT2D eigenvalue weighted by Crippen LogP contribution is 2.26. The molecule has 0 amide bonds. The summed E-state index contributed by atoms with van der Waals surface area (Å²) in [5.41, 5.74) is 8.72. The van der Waals surface area contributed by atoms with Crippen molar-refractivity contribution in [2.45, 2.75) is 26.8 Å². The molecule has 2 N–H and O–H groups in total. The van der Waals surface area contributed by atoms with Crippen LogP contribution in [0.5, 0.6) is 11.6 Å². The lowest BCUT2D eigenvalue weighted by Gasteiger charge is -2.12.